The Hall–Kier alpha value is -2.16. The molecule has 1 heterocycles. The molecule has 0 saturated carbocycles. The van der Waals surface area contributed by atoms with E-state index in [1.165, 1.54) is 0 Å². The van der Waals surface area contributed by atoms with E-state index in [1.807, 2.05) is 0 Å². The van der Waals surface area contributed by atoms with Gasteiger partial charge in [0.1, 0.15) is 12.1 Å². The molecule has 2 rings (SSSR count). The van der Waals surface area contributed by atoms with Crippen molar-refractivity contribution in [2.75, 3.05) is 6.54 Å². The lowest BCUT2D eigenvalue weighted by Crippen LogP contribution is -2.63. The van der Waals surface area contributed by atoms with E-state index in [2.05, 4.69) is 5.32 Å². The summed E-state index contributed by atoms with van der Waals surface area (Å²) in [4.78, 5) is 37.8. The first-order valence-electron chi connectivity index (χ1n) is 10.9. The number of likely N-dealkylation sites (tertiary alicyclic amines) is 1. The molecule has 1 aromatic rings. The van der Waals surface area contributed by atoms with Gasteiger partial charge in [-0.15, -0.1) is 0 Å². The van der Waals surface area contributed by atoms with E-state index in [0.717, 1.165) is 5.56 Å². The summed E-state index contributed by atoms with van der Waals surface area (Å²) in [5, 5.41) is 13.8. The molecule has 4 N–H and O–H groups in total. The Morgan fingerprint density at radius 3 is 2.50 bits per heavy atom. The Balaban J connectivity index is 2.39. The number of alkyl carbamates (subject to hydrolysis) is 1. The molecule has 1 aliphatic heterocycles. The van der Waals surface area contributed by atoms with Crippen LogP contribution in [-0.2, 0) is 27.4 Å². The molecular formula is C23H35ClN3O5+. The number of carbonyl (C=O) groups excluding carboxylic acids is 3. The Kier molecular flexibility index (Phi) is 8.31. The Labute approximate surface area is 194 Å². The fourth-order valence-corrected chi connectivity index (χ4v) is 4.33. The summed E-state index contributed by atoms with van der Waals surface area (Å²) in [6, 6.07) is 4.45. The highest BCUT2D eigenvalue weighted by Crippen LogP contribution is 2.34. The average Bonchev–Trinajstić information content (AvgIpc) is 3.09. The zero-order valence-corrected chi connectivity index (χ0v) is 20.2. The first-order valence-corrected chi connectivity index (χ1v) is 11.3. The van der Waals surface area contributed by atoms with Crippen LogP contribution in [0.15, 0.2) is 18.2 Å². The number of ether oxygens (including phenoxy) is 1. The van der Waals surface area contributed by atoms with Crippen molar-refractivity contribution < 1.29 is 28.7 Å². The Bertz CT molecular complexity index is 868. The molecule has 0 spiro atoms. The quantitative estimate of drug-likeness (QED) is 0.531. The van der Waals surface area contributed by atoms with Gasteiger partial charge in [-0.05, 0) is 44.4 Å². The van der Waals surface area contributed by atoms with Crippen LogP contribution in [0.3, 0.4) is 0 Å². The monoisotopic (exact) mass is 468 g/mol. The fourth-order valence-electron chi connectivity index (χ4n) is 4.13. The third-order valence-electron chi connectivity index (χ3n) is 5.73. The van der Waals surface area contributed by atoms with Crippen LogP contribution in [0, 0.1) is 5.92 Å². The number of aliphatic hydroxyl groups excluding tert-OH is 1. The highest BCUT2D eigenvalue weighted by molar-refractivity contribution is 6.30. The van der Waals surface area contributed by atoms with Crippen molar-refractivity contribution in [2.45, 2.75) is 78.3 Å². The first-order chi connectivity index (χ1) is 14.8. The van der Waals surface area contributed by atoms with Gasteiger partial charge in [0.05, 0.1) is 6.54 Å². The van der Waals surface area contributed by atoms with Crippen molar-refractivity contribution in [3.63, 3.8) is 0 Å². The second-order valence-corrected chi connectivity index (χ2v) is 10.2. The molecule has 9 heteroatoms. The first kappa shape index (κ1) is 26.1. The topological polar surface area (TPSA) is 119 Å². The third kappa shape index (κ3) is 6.21. The number of amides is 3. The number of halogens is 1. The van der Waals surface area contributed by atoms with Crippen molar-refractivity contribution in [3.05, 3.63) is 34.3 Å². The van der Waals surface area contributed by atoms with Gasteiger partial charge in [-0.25, -0.2) is 14.1 Å². The molecule has 3 amide bonds. The number of nitrogens with zero attached hydrogens (tertiary/aromatic N) is 1. The van der Waals surface area contributed by atoms with E-state index < -0.39 is 35.7 Å². The molecule has 178 valence electrons. The summed E-state index contributed by atoms with van der Waals surface area (Å²) in [5.74, 6) is -1.30. The lowest BCUT2D eigenvalue weighted by Gasteiger charge is -2.38. The second kappa shape index (κ2) is 10.2. The van der Waals surface area contributed by atoms with Crippen LogP contribution in [0.4, 0.5) is 4.79 Å². The van der Waals surface area contributed by atoms with Crippen LogP contribution in [0.1, 0.15) is 58.6 Å². The van der Waals surface area contributed by atoms with Crippen LogP contribution < -0.4 is 11.1 Å². The predicted molar refractivity (Wildman–Crippen MR) is 121 cm³/mol. The molecule has 3 atom stereocenters. The number of nitrogens with one attached hydrogen (secondary N) is 1. The molecule has 0 aliphatic carbocycles. The van der Waals surface area contributed by atoms with E-state index in [4.69, 9.17) is 22.1 Å². The number of nitrogens with two attached hydrogens (primary N) is 1. The van der Waals surface area contributed by atoms with Gasteiger partial charge in [-0.1, -0.05) is 31.5 Å². The number of aliphatic hydroxyl groups is 1. The standard InChI is InChI=1S/C23H34ClN3O5/c1-14(2)19(28)21(30)27(10-6-7-18(27)20(25)29)13-16-11-17(24)9-8-15(16)12-26-22(31)32-23(3,4)5/h8-9,11,14,18-19,28H,6-7,10,12-13H2,1-5H3,(H2-,25,26,29,31)/p+1/t18-,19+,27?/m0/s1. The Morgan fingerprint density at radius 1 is 1.28 bits per heavy atom. The Morgan fingerprint density at radius 2 is 1.94 bits per heavy atom. The number of primary amides is 1. The van der Waals surface area contributed by atoms with Crippen molar-refractivity contribution in [3.8, 4) is 0 Å². The average molecular weight is 469 g/mol. The smallest absolute Gasteiger partial charge is 0.407 e. The van der Waals surface area contributed by atoms with Gasteiger partial charge < -0.3 is 20.9 Å². The van der Waals surface area contributed by atoms with Gasteiger partial charge in [0, 0.05) is 30.0 Å². The van der Waals surface area contributed by atoms with E-state index in [9.17, 15) is 19.5 Å². The van der Waals surface area contributed by atoms with Crippen LogP contribution in [0.2, 0.25) is 5.02 Å². The minimum absolute atomic E-state index is 0.141. The third-order valence-corrected chi connectivity index (χ3v) is 5.96. The number of rotatable bonds is 7. The van der Waals surface area contributed by atoms with Crippen molar-refractivity contribution in [2.24, 2.45) is 11.7 Å². The van der Waals surface area contributed by atoms with Gasteiger partial charge in [0.25, 0.3) is 5.91 Å². The summed E-state index contributed by atoms with van der Waals surface area (Å²) in [6.45, 7) is 9.52. The van der Waals surface area contributed by atoms with E-state index in [0.29, 0.717) is 30.0 Å². The maximum atomic E-state index is 13.4. The molecular weight excluding hydrogens is 434 g/mol. The van der Waals surface area contributed by atoms with Crippen molar-refractivity contribution >= 4 is 29.5 Å². The number of hydrogen-bond donors (Lipinski definition) is 3. The summed E-state index contributed by atoms with van der Waals surface area (Å²) >= 11 is 6.24. The molecule has 0 radical (unpaired) electrons. The van der Waals surface area contributed by atoms with E-state index in [-0.39, 0.29) is 23.5 Å². The van der Waals surface area contributed by atoms with Gasteiger partial charge in [-0.2, -0.15) is 0 Å². The number of carbonyl (C=O) groups is 3. The summed E-state index contributed by atoms with van der Waals surface area (Å²) in [5.41, 5.74) is 6.48. The largest absolute Gasteiger partial charge is 0.444 e. The fraction of sp³-hybridized carbons (Fsp3) is 0.609. The molecule has 1 aromatic carbocycles. The van der Waals surface area contributed by atoms with Crippen molar-refractivity contribution in [1.29, 1.82) is 0 Å². The lowest BCUT2D eigenvalue weighted by atomic mass is 10.00. The molecule has 0 aromatic heterocycles. The maximum absolute atomic E-state index is 13.4. The van der Waals surface area contributed by atoms with Gasteiger partial charge in [0.15, 0.2) is 12.1 Å². The van der Waals surface area contributed by atoms with Crippen LogP contribution in [0.5, 0.6) is 0 Å². The van der Waals surface area contributed by atoms with Crippen LogP contribution in [0.25, 0.3) is 0 Å². The molecule has 1 aliphatic rings. The minimum atomic E-state index is -1.22. The molecule has 1 saturated heterocycles. The van der Waals surface area contributed by atoms with Crippen molar-refractivity contribution in [1.82, 2.24) is 5.32 Å². The zero-order chi connectivity index (χ0) is 24.3. The van der Waals surface area contributed by atoms with E-state index in [1.54, 1.807) is 52.8 Å². The molecule has 8 nitrogen and oxygen atoms in total. The molecule has 1 unspecified atom stereocenters. The van der Waals surface area contributed by atoms with Gasteiger partial charge in [-0.3, -0.25) is 4.79 Å². The minimum Gasteiger partial charge on any atom is -0.444 e. The second-order valence-electron chi connectivity index (χ2n) is 9.77. The number of hydrogen-bond acceptors (Lipinski definition) is 5. The summed E-state index contributed by atoms with van der Waals surface area (Å²) in [7, 11) is 0. The molecule has 0 bridgehead atoms. The summed E-state index contributed by atoms with van der Waals surface area (Å²) < 4.78 is 5.04. The SMILES string of the molecule is CC(C)[C@@H](O)C(=O)[N+]1(Cc2cc(Cl)ccc2CNC(=O)OC(C)(C)C)CCC[C@H]1C(N)=O. The van der Waals surface area contributed by atoms with E-state index >= 15 is 0 Å². The van der Waals surface area contributed by atoms with Gasteiger partial charge in [0.2, 0.25) is 0 Å². The molecule has 32 heavy (non-hydrogen) atoms. The summed E-state index contributed by atoms with van der Waals surface area (Å²) in [6.07, 6.45) is -0.684. The zero-order valence-electron chi connectivity index (χ0n) is 19.5. The molecule has 1 fully saturated rings. The highest BCUT2D eigenvalue weighted by atomic mass is 35.5. The lowest BCUT2D eigenvalue weighted by molar-refractivity contribution is -0.872. The number of benzene rings is 1. The van der Waals surface area contributed by atoms with Crippen LogP contribution in [-0.4, -0.2) is 51.8 Å². The normalized spacial score (nSPS) is 21.9. The van der Waals surface area contributed by atoms with Gasteiger partial charge >= 0.3 is 12.0 Å². The predicted octanol–water partition coefficient (Wildman–Crippen LogP) is 2.87. The van der Waals surface area contributed by atoms with Crippen LogP contribution >= 0.6 is 11.6 Å². The number of quaternary nitrogens is 1. The highest BCUT2D eigenvalue weighted by Gasteiger charge is 2.53. The maximum Gasteiger partial charge on any atom is 0.407 e.